The van der Waals surface area contributed by atoms with Crippen LogP contribution in [0.3, 0.4) is 0 Å². The molecule has 5 nitrogen and oxygen atoms in total. The van der Waals surface area contributed by atoms with Gasteiger partial charge in [0.15, 0.2) is 0 Å². The molecule has 0 atom stereocenters. The molecule has 2 aromatic heterocycles. The number of hydrogen-bond donors (Lipinski definition) is 2. The van der Waals surface area contributed by atoms with Crippen molar-refractivity contribution < 1.29 is 4.79 Å². The maximum Gasteiger partial charge on any atom is 0.326 e. The Labute approximate surface area is 123 Å². The number of para-hydroxylation sites is 1. The number of nitrogens with one attached hydrogen (secondary N) is 2. The van der Waals surface area contributed by atoms with Gasteiger partial charge in [-0.3, -0.25) is 4.57 Å². The lowest BCUT2D eigenvalue weighted by molar-refractivity contribution is 0.239. The average Bonchev–Trinajstić information content (AvgIpc) is 3.13. The second-order valence-electron chi connectivity index (χ2n) is 5.78. The molecule has 5 heteroatoms. The fourth-order valence-corrected chi connectivity index (χ4v) is 2.30. The average molecular weight is 282 g/mol. The zero-order chi connectivity index (χ0) is 14.9. The van der Waals surface area contributed by atoms with E-state index in [0.29, 0.717) is 6.54 Å². The minimum atomic E-state index is -0.185. The van der Waals surface area contributed by atoms with Crippen LogP contribution in [0.1, 0.15) is 19.5 Å². The van der Waals surface area contributed by atoms with E-state index in [2.05, 4.69) is 47.3 Å². The fraction of sp³-hybridized carbons (Fsp3) is 0.250. The molecule has 0 unspecified atom stereocenters. The first-order chi connectivity index (χ1) is 10.1. The van der Waals surface area contributed by atoms with E-state index in [-0.39, 0.29) is 11.4 Å². The third kappa shape index (κ3) is 2.67. The van der Waals surface area contributed by atoms with E-state index in [4.69, 9.17) is 0 Å². The van der Waals surface area contributed by atoms with E-state index in [0.717, 1.165) is 11.2 Å². The summed E-state index contributed by atoms with van der Waals surface area (Å²) in [5, 5.41) is 4.11. The summed E-state index contributed by atoms with van der Waals surface area (Å²) in [4.78, 5) is 19.3. The zero-order valence-corrected chi connectivity index (χ0v) is 12.1. The van der Waals surface area contributed by atoms with Gasteiger partial charge in [-0.15, -0.1) is 0 Å². The largest absolute Gasteiger partial charge is 0.358 e. The molecule has 2 N–H and O–H groups in total. The van der Waals surface area contributed by atoms with Crippen molar-refractivity contribution in [2.75, 3.05) is 6.54 Å². The van der Waals surface area contributed by atoms with Gasteiger partial charge in [-0.25, -0.2) is 9.78 Å². The van der Waals surface area contributed by atoms with Gasteiger partial charge in [0.1, 0.15) is 6.33 Å². The van der Waals surface area contributed by atoms with Gasteiger partial charge >= 0.3 is 6.03 Å². The Balaban J connectivity index is 1.75. The van der Waals surface area contributed by atoms with Gasteiger partial charge in [-0.1, -0.05) is 32.0 Å². The molecule has 0 saturated carbocycles. The summed E-state index contributed by atoms with van der Waals surface area (Å²) in [5.41, 5.74) is 2.03. The van der Waals surface area contributed by atoms with Gasteiger partial charge in [-0.2, -0.15) is 0 Å². The molecule has 0 bridgehead atoms. The number of aromatic amines is 1. The molecule has 3 aromatic rings. The normalized spacial score (nSPS) is 11.7. The first kappa shape index (κ1) is 13.4. The summed E-state index contributed by atoms with van der Waals surface area (Å²) in [6.07, 6.45) is 4.71. The van der Waals surface area contributed by atoms with Crippen LogP contribution in [-0.2, 0) is 5.41 Å². The van der Waals surface area contributed by atoms with Gasteiger partial charge < -0.3 is 10.3 Å². The van der Waals surface area contributed by atoms with E-state index < -0.39 is 0 Å². The number of rotatable bonds is 3. The molecule has 21 heavy (non-hydrogen) atoms. The van der Waals surface area contributed by atoms with E-state index in [1.807, 2.05) is 12.1 Å². The Morgan fingerprint density at radius 2 is 2.19 bits per heavy atom. The highest BCUT2D eigenvalue weighted by molar-refractivity contribution is 5.80. The molecule has 3 rings (SSSR count). The minimum Gasteiger partial charge on any atom is -0.358 e. The van der Waals surface area contributed by atoms with Gasteiger partial charge in [0, 0.05) is 35.6 Å². The van der Waals surface area contributed by atoms with Crippen molar-refractivity contribution in [3.05, 3.63) is 54.7 Å². The van der Waals surface area contributed by atoms with Crippen LogP contribution in [0.25, 0.3) is 10.9 Å². The van der Waals surface area contributed by atoms with Crippen LogP contribution in [0.5, 0.6) is 0 Å². The first-order valence-electron chi connectivity index (χ1n) is 6.91. The molecule has 0 aliphatic rings. The molecule has 108 valence electrons. The highest BCUT2D eigenvalue weighted by Crippen LogP contribution is 2.25. The number of benzene rings is 1. The van der Waals surface area contributed by atoms with Crippen molar-refractivity contribution in [1.82, 2.24) is 19.9 Å². The molecule has 0 saturated heterocycles. The standard InChI is InChI=1S/C16H18N4O/c1-16(2,10-18-15(21)20-8-7-17-11-20)14-9-12-5-3-4-6-13(12)19-14/h3-9,11,19H,10H2,1-2H3,(H,18,21). The van der Waals surface area contributed by atoms with Crippen molar-refractivity contribution in [2.24, 2.45) is 0 Å². The second-order valence-corrected chi connectivity index (χ2v) is 5.78. The third-order valence-corrected chi connectivity index (χ3v) is 3.68. The van der Waals surface area contributed by atoms with Crippen LogP contribution in [0.15, 0.2) is 49.1 Å². The van der Waals surface area contributed by atoms with E-state index in [1.165, 1.54) is 16.3 Å². The van der Waals surface area contributed by atoms with E-state index >= 15 is 0 Å². The topological polar surface area (TPSA) is 62.7 Å². The van der Waals surface area contributed by atoms with Crippen molar-refractivity contribution in [3.8, 4) is 0 Å². The molecule has 0 spiro atoms. The Kier molecular flexibility index (Phi) is 3.25. The summed E-state index contributed by atoms with van der Waals surface area (Å²) in [5.74, 6) is 0. The maximum atomic E-state index is 12.0. The number of amides is 1. The predicted octanol–water partition coefficient (Wildman–Crippen LogP) is 2.90. The smallest absolute Gasteiger partial charge is 0.326 e. The van der Waals surface area contributed by atoms with Crippen LogP contribution < -0.4 is 5.32 Å². The number of H-pyrrole nitrogens is 1. The molecule has 1 amide bonds. The monoisotopic (exact) mass is 282 g/mol. The molecule has 1 aromatic carbocycles. The van der Waals surface area contributed by atoms with Crippen LogP contribution in [0, 0.1) is 0 Å². The number of hydrogen-bond acceptors (Lipinski definition) is 2. The van der Waals surface area contributed by atoms with Crippen molar-refractivity contribution >= 4 is 16.9 Å². The summed E-state index contributed by atoms with van der Waals surface area (Å²) >= 11 is 0. The SMILES string of the molecule is CC(C)(CNC(=O)n1ccnc1)c1cc2ccccc2[nH]1. The fourth-order valence-electron chi connectivity index (χ4n) is 2.30. The number of imidazole rings is 1. The third-order valence-electron chi connectivity index (χ3n) is 3.68. The zero-order valence-electron chi connectivity index (χ0n) is 12.1. The van der Waals surface area contributed by atoms with Gasteiger partial charge in [0.05, 0.1) is 0 Å². The first-order valence-corrected chi connectivity index (χ1v) is 6.91. The highest BCUT2D eigenvalue weighted by atomic mass is 16.2. The second kappa shape index (κ2) is 5.09. The van der Waals surface area contributed by atoms with Gasteiger partial charge in [0.2, 0.25) is 0 Å². The minimum absolute atomic E-state index is 0.170. The Bertz CT molecular complexity index is 723. The lowest BCUT2D eigenvalue weighted by Crippen LogP contribution is -2.38. The van der Waals surface area contributed by atoms with Crippen LogP contribution in [0.4, 0.5) is 4.79 Å². The molecule has 0 aliphatic carbocycles. The number of fused-ring (bicyclic) bond motifs is 1. The Hall–Kier alpha value is -2.56. The van der Waals surface area contributed by atoms with E-state index in [9.17, 15) is 4.79 Å². The predicted molar refractivity (Wildman–Crippen MR) is 82.3 cm³/mol. The lowest BCUT2D eigenvalue weighted by atomic mass is 9.89. The Morgan fingerprint density at radius 3 is 2.90 bits per heavy atom. The number of carbonyl (C=O) groups excluding carboxylic acids is 1. The molecule has 0 radical (unpaired) electrons. The summed E-state index contributed by atoms with van der Waals surface area (Å²) < 4.78 is 1.43. The van der Waals surface area contributed by atoms with Crippen LogP contribution in [0.2, 0.25) is 0 Å². The molecule has 0 fully saturated rings. The number of nitrogens with zero attached hydrogens (tertiary/aromatic N) is 2. The van der Waals surface area contributed by atoms with Crippen molar-refractivity contribution in [2.45, 2.75) is 19.3 Å². The number of aromatic nitrogens is 3. The quantitative estimate of drug-likeness (QED) is 0.776. The summed E-state index contributed by atoms with van der Waals surface area (Å²) in [6, 6.07) is 10.1. The van der Waals surface area contributed by atoms with Gasteiger partial charge in [-0.05, 0) is 17.5 Å². The van der Waals surface area contributed by atoms with Crippen LogP contribution in [-0.4, -0.2) is 27.1 Å². The molecule has 2 heterocycles. The van der Waals surface area contributed by atoms with Crippen molar-refractivity contribution in [1.29, 1.82) is 0 Å². The van der Waals surface area contributed by atoms with Crippen LogP contribution >= 0.6 is 0 Å². The summed E-state index contributed by atoms with van der Waals surface area (Å²) in [6.45, 7) is 4.74. The lowest BCUT2D eigenvalue weighted by Gasteiger charge is -2.23. The molecule has 0 aliphatic heterocycles. The molecular weight excluding hydrogens is 264 g/mol. The highest BCUT2D eigenvalue weighted by Gasteiger charge is 2.23. The Morgan fingerprint density at radius 1 is 1.38 bits per heavy atom. The molecular formula is C16H18N4O. The van der Waals surface area contributed by atoms with E-state index in [1.54, 1.807) is 12.4 Å². The van der Waals surface area contributed by atoms with Gasteiger partial charge in [0.25, 0.3) is 0 Å². The number of carbonyl (C=O) groups is 1. The van der Waals surface area contributed by atoms with Crippen molar-refractivity contribution in [3.63, 3.8) is 0 Å². The summed E-state index contributed by atoms with van der Waals surface area (Å²) in [7, 11) is 0. The maximum absolute atomic E-state index is 12.0.